The lowest BCUT2D eigenvalue weighted by molar-refractivity contribution is -0.135. The number of alkyl halides is 6. The lowest BCUT2D eigenvalue weighted by Crippen LogP contribution is -2.26. The van der Waals surface area contributed by atoms with E-state index in [9.17, 15) is 40.3 Å². The molecule has 4 heterocycles. The Labute approximate surface area is 406 Å². The van der Waals surface area contributed by atoms with Gasteiger partial charge in [-0.05, 0) is 134 Å². The van der Waals surface area contributed by atoms with Crippen LogP contribution in [0.1, 0.15) is 88.8 Å². The van der Waals surface area contributed by atoms with E-state index in [1.165, 1.54) is 12.1 Å². The standard InChI is InChI=1S/C28H28F4N6O.C21H21BrF3N5O/c1-16-4-6-19(29)13-22(16)36-25-14-23(33-11-3-10-28(30,31)32)26-34-15-24(38(26)37-25)18-5-9-21(17(2)12-18)27(39)35-20-7-8-20;1-12-9-13(3-6-15(12)20(31)28-14-4-5-14)17-11-27-19-16(10-18(22)29-30(17)19)26-8-2-7-21(23,24)25/h4-6,9,12-15,20,33H,3,7-8,10-11H2,1-2H3,(H,35,39)(H,36,37);3,6,9-11,14,26H,2,4-5,7-8H2,1H3,(H,28,31). The summed E-state index contributed by atoms with van der Waals surface area (Å²) in [5.41, 5.74) is 9.08. The fourth-order valence-corrected chi connectivity index (χ4v) is 8.04. The third kappa shape index (κ3) is 12.7. The second-order valence-corrected chi connectivity index (χ2v) is 18.3. The van der Waals surface area contributed by atoms with E-state index in [-0.39, 0.29) is 49.8 Å². The summed E-state index contributed by atoms with van der Waals surface area (Å²) in [6.45, 7) is 5.80. The van der Waals surface area contributed by atoms with Crippen molar-refractivity contribution in [2.24, 2.45) is 0 Å². The molecule has 0 bridgehead atoms. The van der Waals surface area contributed by atoms with Crippen molar-refractivity contribution in [3.63, 3.8) is 0 Å². The molecule has 13 nitrogen and oxygen atoms in total. The van der Waals surface area contributed by atoms with Crippen LogP contribution in [0.4, 0.5) is 53.6 Å². The topological polar surface area (TPSA) is 155 Å². The predicted molar refractivity (Wildman–Crippen MR) is 257 cm³/mol. The number of aryl methyl sites for hydroxylation is 3. The molecule has 2 aliphatic carbocycles. The normalized spacial score (nSPS) is 13.8. The van der Waals surface area contributed by atoms with Gasteiger partial charge in [-0.1, -0.05) is 18.2 Å². The molecule has 0 spiro atoms. The lowest BCUT2D eigenvalue weighted by Gasteiger charge is -2.14. The van der Waals surface area contributed by atoms with E-state index >= 15 is 0 Å². The monoisotopic (exact) mass is 1040 g/mol. The smallest absolute Gasteiger partial charge is 0.382 e. The maximum Gasteiger partial charge on any atom is 0.389 e. The fourth-order valence-electron chi connectivity index (χ4n) is 7.65. The summed E-state index contributed by atoms with van der Waals surface area (Å²) in [7, 11) is 0. The Kier molecular flexibility index (Phi) is 14.7. The van der Waals surface area contributed by atoms with Gasteiger partial charge in [0, 0.05) is 72.0 Å². The molecule has 0 atom stereocenters. The van der Waals surface area contributed by atoms with Crippen molar-refractivity contribution < 1.29 is 40.3 Å². The van der Waals surface area contributed by atoms with Gasteiger partial charge in [-0.15, -0.1) is 5.10 Å². The first-order valence-electron chi connectivity index (χ1n) is 22.7. The van der Waals surface area contributed by atoms with Gasteiger partial charge in [0.2, 0.25) is 0 Å². The van der Waals surface area contributed by atoms with Gasteiger partial charge < -0.3 is 26.6 Å². The van der Waals surface area contributed by atoms with Crippen molar-refractivity contribution >= 4 is 61.9 Å². The maximum absolute atomic E-state index is 13.9. The van der Waals surface area contributed by atoms with Crippen LogP contribution in [0.15, 0.2) is 83.7 Å². The number of carbonyl (C=O) groups is 2. The molecule has 70 heavy (non-hydrogen) atoms. The van der Waals surface area contributed by atoms with Crippen molar-refractivity contribution in [2.75, 3.05) is 29.0 Å². The summed E-state index contributed by atoms with van der Waals surface area (Å²) in [5.74, 6) is -0.249. The average Bonchev–Trinajstić information content (AvgIpc) is 4.21. The van der Waals surface area contributed by atoms with Crippen molar-refractivity contribution in [1.29, 1.82) is 0 Å². The van der Waals surface area contributed by atoms with Gasteiger partial charge in [-0.3, -0.25) is 9.59 Å². The van der Waals surface area contributed by atoms with Crippen LogP contribution in [-0.2, 0) is 0 Å². The van der Waals surface area contributed by atoms with Gasteiger partial charge in [0.05, 0.1) is 35.2 Å². The minimum Gasteiger partial charge on any atom is -0.382 e. The van der Waals surface area contributed by atoms with Crippen molar-refractivity contribution in [3.05, 3.63) is 117 Å². The molecule has 9 rings (SSSR count). The highest BCUT2D eigenvalue weighted by Crippen LogP contribution is 2.32. The Hall–Kier alpha value is -6.77. The molecule has 2 amide bonds. The molecule has 0 unspecified atom stereocenters. The van der Waals surface area contributed by atoms with Crippen LogP contribution in [0.2, 0.25) is 0 Å². The number of nitrogens with one attached hydrogen (secondary N) is 5. The van der Waals surface area contributed by atoms with Crippen LogP contribution in [0.3, 0.4) is 0 Å². The molecule has 21 heteroatoms. The minimum atomic E-state index is -4.24. The Bertz CT molecular complexity index is 3050. The van der Waals surface area contributed by atoms with E-state index in [1.807, 2.05) is 45.0 Å². The molecule has 7 aromatic rings. The third-order valence-corrected chi connectivity index (χ3v) is 12.0. The number of nitrogens with zero attached hydrogens (tertiary/aromatic N) is 6. The first-order valence-corrected chi connectivity index (χ1v) is 23.5. The van der Waals surface area contributed by atoms with Gasteiger partial charge in [-0.25, -0.2) is 23.4 Å². The zero-order valence-electron chi connectivity index (χ0n) is 38.3. The average molecular weight is 1040 g/mol. The zero-order valence-corrected chi connectivity index (χ0v) is 39.8. The number of aromatic nitrogens is 6. The van der Waals surface area contributed by atoms with E-state index in [2.05, 4.69) is 62.7 Å². The Balaban J connectivity index is 0.000000193. The van der Waals surface area contributed by atoms with E-state index in [4.69, 9.17) is 0 Å². The van der Waals surface area contributed by atoms with Gasteiger partial charge in [0.15, 0.2) is 17.1 Å². The highest BCUT2D eigenvalue weighted by molar-refractivity contribution is 9.10. The molecule has 3 aromatic carbocycles. The zero-order chi connectivity index (χ0) is 49.9. The summed E-state index contributed by atoms with van der Waals surface area (Å²) in [6, 6.07) is 19.2. The quantitative estimate of drug-likeness (QED) is 0.0470. The van der Waals surface area contributed by atoms with E-state index in [1.54, 1.807) is 51.8 Å². The largest absolute Gasteiger partial charge is 0.389 e. The van der Waals surface area contributed by atoms with Gasteiger partial charge in [0.1, 0.15) is 10.4 Å². The van der Waals surface area contributed by atoms with E-state index in [0.717, 1.165) is 53.5 Å². The van der Waals surface area contributed by atoms with Crippen LogP contribution in [0, 0.1) is 26.6 Å². The number of hydrogen-bond donors (Lipinski definition) is 5. The summed E-state index contributed by atoms with van der Waals surface area (Å²) >= 11 is 3.36. The molecule has 0 radical (unpaired) electrons. The molecule has 2 aliphatic rings. The molecule has 2 fully saturated rings. The molecule has 4 aromatic heterocycles. The number of anilines is 4. The number of rotatable bonds is 16. The lowest BCUT2D eigenvalue weighted by atomic mass is 10.0. The van der Waals surface area contributed by atoms with Crippen molar-refractivity contribution in [3.8, 4) is 22.5 Å². The minimum absolute atomic E-state index is 0.0350. The fraction of sp³-hybridized carbons (Fsp3) is 0.347. The summed E-state index contributed by atoms with van der Waals surface area (Å²) < 4.78 is 92.8. The molecule has 2 saturated carbocycles. The maximum atomic E-state index is 13.9. The van der Waals surface area contributed by atoms with Crippen molar-refractivity contribution in [1.82, 2.24) is 39.8 Å². The van der Waals surface area contributed by atoms with E-state index < -0.39 is 31.0 Å². The molecule has 0 aliphatic heterocycles. The number of amides is 2. The summed E-state index contributed by atoms with van der Waals surface area (Å²) in [6.07, 6.45) is -2.98. The summed E-state index contributed by atoms with van der Waals surface area (Å²) in [4.78, 5) is 33.8. The molecule has 0 saturated heterocycles. The predicted octanol–water partition coefficient (Wildman–Crippen LogP) is 11.7. The number of halogens is 8. The van der Waals surface area contributed by atoms with Crippen LogP contribution in [0.25, 0.3) is 33.8 Å². The van der Waals surface area contributed by atoms with Crippen LogP contribution in [0.5, 0.6) is 0 Å². The van der Waals surface area contributed by atoms with Crippen LogP contribution in [-0.4, -0.2) is 78.5 Å². The first-order chi connectivity index (χ1) is 33.3. The van der Waals surface area contributed by atoms with Gasteiger partial charge in [0.25, 0.3) is 11.8 Å². The number of imidazole rings is 2. The highest BCUT2D eigenvalue weighted by Gasteiger charge is 2.28. The second kappa shape index (κ2) is 20.7. The number of hydrogen-bond acceptors (Lipinski definition) is 9. The Morgan fingerprint density at radius 3 is 1.59 bits per heavy atom. The van der Waals surface area contributed by atoms with Crippen LogP contribution >= 0.6 is 15.9 Å². The highest BCUT2D eigenvalue weighted by atomic mass is 79.9. The second-order valence-electron chi connectivity index (χ2n) is 17.5. The van der Waals surface area contributed by atoms with E-state index in [0.29, 0.717) is 61.3 Å². The Morgan fingerprint density at radius 1 is 0.629 bits per heavy atom. The number of benzene rings is 3. The Morgan fingerprint density at radius 2 is 1.11 bits per heavy atom. The van der Waals surface area contributed by atoms with Gasteiger partial charge >= 0.3 is 12.4 Å². The third-order valence-electron chi connectivity index (χ3n) is 11.6. The van der Waals surface area contributed by atoms with Gasteiger partial charge in [-0.2, -0.15) is 31.4 Å². The molecular weight excluding hydrogens is 988 g/mol. The SMILES string of the molecule is Cc1cc(-c2cnc3c(NCCCC(F)(F)F)cc(Br)nn23)ccc1C(=O)NC1CC1.Cc1ccc(F)cc1Nc1cc(NCCCC(F)(F)F)c2ncc(-c3ccc(C(=O)NC4CC4)c(C)c3)n2n1. The molecule has 5 N–H and O–H groups in total. The number of carbonyl (C=O) groups excluding carboxylic acids is 2. The molecular formula is C49H49BrF7N11O2. The van der Waals surface area contributed by atoms with Crippen LogP contribution < -0.4 is 26.6 Å². The van der Waals surface area contributed by atoms with Crippen molar-refractivity contribution in [2.45, 2.75) is 96.6 Å². The summed E-state index contributed by atoms with van der Waals surface area (Å²) in [5, 5.41) is 24.3. The number of fused-ring (bicyclic) bond motifs is 2. The molecule has 368 valence electrons. The first kappa shape index (κ1) is 49.6.